The second-order valence-electron chi connectivity index (χ2n) is 6.44. The number of non-ortho nitro benzene ring substituents is 1. The Bertz CT molecular complexity index is 1220. The molecule has 2 heterocycles. The number of benzene rings is 2. The Hall–Kier alpha value is -3.93. The van der Waals surface area contributed by atoms with Crippen LogP contribution in [0.25, 0.3) is 0 Å². The first-order valence-electron chi connectivity index (χ1n) is 8.82. The number of hydrogen-bond acceptors (Lipinski definition) is 9. The number of hydrogen-bond donors (Lipinski definition) is 1. The molecule has 0 radical (unpaired) electrons. The third-order valence-electron chi connectivity index (χ3n) is 4.68. The number of Topliss-reactive ketones (excluding diaryl/α,β-unsaturated/α-hetero) is 1. The summed E-state index contributed by atoms with van der Waals surface area (Å²) in [5.41, 5.74) is 0.615. The number of halogens is 1. The number of allylic oxidation sites excluding steroid dienone is 1. The lowest BCUT2D eigenvalue weighted by molar-refractivity contribution is -0.384. The molecule has 0 amide bonds. The van der Waals surface area contributed by atoms with Gasteiger partial charge in [0.2, 0.25) is 5.95 Å². The Kier molecular flexibility index (Phi) is 5.29. The fraction of sp³-hybridized carbons (Fsp3) is 0.105. The van der Waals surface area contributed by atoms with Crippen LogP contribution in [-0.4, -0.2) is 44.0 Å². The lowest BCUT2D eigenvalue weighted by Crippen LogP contribution is -2.32. The molecule has 2 aromatic carbocycles. The van der Waals surface area contributed by atoms with Gasteiger partial charge < -0.3 is 10.1 Å². The third-order valence-corrected chi connectivity index (χ3v) is 5.21. The van der Waals surface area contributed by atoms with Crippen LogP contribution in [0, 0.1) is 10.1 Å². The molecule has 0 saturated carbocycles. The standard InChI is InChI=1S/C19H13BrN6O5/c1-31-18(28)15-14(17(27)11-2-6-12(20)7-3-11)16(25-19(21-15)22-23-24-25)10-4-8-13(9-5-10)26(29)30/h2-9,16H,1H3,(H,21,22,24)/t16-/m0/s1. The van der Waals surface area contributed by atoms with Crippen molar-refractivity contribution in [1.29, 1.82) is 0 Å². The number of nitrogens with one attached hydrogen (secondary N) is 1. The van der Waals surface area contributed by atoms with Crippen molar-refractivity contribution >= 4 is 39.3 Å². The minimum absolute atomic E-state index is 0.0443. The van der Waals surface area contributed by atoms with Crippen LogP contribution in [0.3, 0.4) is 0 Å². The summed E-state index contributed by atoms with van der Waals surface area (Å²) in [6.45, 7) is 0. The number of aromatic nitrogens is 4. The molecule has 0 fully saturated rings. The number of anilines is 1. The molecule has 31 heavy (non-hydrogen) atoms. The average molecular weight is 485 g/mol. The third kappa shape index (κ3) is 3.68. The van der Waals surface area contributed by atoms with Crippen LogP contribution in [0.2, 0.25) is 0 Å². The van der Waals surface area contributed by atoms with Crippen molar-refractivity contribution in [1.82, 2.24) is 20.2 Å². The number of tetrazole rings is 1. The fourth-order valence-corrected chi connectivity index (χ4v) is 3.50. The smallest absolute Gasteiger partial charge is 0.355 e. The Morgan fingerprint density at radius 2 is 1.84 bits per heavy atom. The summed E-state index contributed by atoms with van der Waals surface area (Å²) in [4.78, 5) is 36.6. The van der Waals surface area contributed by atoms with Gasteiger partial charge in [0, 0.05) is 22.2 Å². The molecule has 1 aliphatic heterocycles. The maximum atomic E-state index is 13.5. The van der Waals surface area contributed by atoms with E-state index in [1.807, 2.05) is 0 Å². The molecular formula is C19H13BrN6O5. The Morgan fingerprint density at radius 1 is 1.16 bits per heavy atom. The molecule has 0 saturated heterocycles. The van der Waals surface area contributed by atoms with E-state index in [0.717, 1.165) is 4.47 Å². The maximum absolute atomic E-state index is 13.5. The molecule has 12 heteroatoms. The molecular weight excluding hydrogens is 472 g/mol. The number of nitrogens with zero attached hydrogens (tertiary/aromatic N) is 5. The van der Waals surface area contributed by atoms with Crippen LogP contribution >= 0.6 is 15.9 Å². The normalized spacial score (nSPS) is 15.1. The molecule has 11 nitrogen and oxygen atoms in total. The Balaban J connectivity index is 1.92. The summed E-state index contributed by atoms with van der Waals surface area (Å²) in [5, 5.41) is 25.2. The van der Waals surface area contributed by atoms with Crippen LogP contribution in [0.5, 0.6) is 0 Å². The Morgan fingerprint density at radius 3 is 2.45 bits per heavy atom. The first-order chi connectivity index (χ1) is 14.9. The topological polar surface area (TPSA) is 142 Å². The fourth-order valence-electron chi connectivity index (χ4n) is 3.23. The van der Waals surface area contributed by atoms with E-state index < -0.39 is 22.7 Å². The van der Waals surface area contributed by atoms with Crippen LogP contribution < -0.4 is 5.32 Å². The van der Waals surface area contributed by atoms with Crippen molar-refractivity contribution in [2.75, 3.05) is 12.4 Å². The number of ketones is 1. The lowest BCUT2D eigenvalue weighted by Gasteiger charge is -2.28. The van der Waals surface area contributed by atoms with E-state index in [2.05, 4.69) is 36.8 Å². The van der Waals surface area contributed by atoms with Gasteiger partial charge in [-0.05, 0) is 52.4 Å². The zero-order valence-corrected chi connectivity index (χ0v) is 17.4. The Labute approximate surface area is 183 Å². The second kappa shape index (κ2) is 8.07. The van der Waals surface area contributed by atoms with Crippen molar-refractivity contribution in [2.45, 2.75) is 6.04 Å². The van der Waals surface area contributed by atoms with Gasteiger partial charge in [0.25, 0.3) is 5.69 Å². The minimum atomic E-state index is -0.919. The highest BCUT2D eigenvalue weighted by Crippen LogP contribution is 2.37. The first kappa shape index (κ1) is 20.3. The molecule has 0 bridgehead atoms. The van der Waals surface area contributed by atoms with Gasteiger partial charge in [-0.3, -0.25) is 14.9 Å². The van der Waals surface area contributed by atoms with E-state index >= 15 is 0 Å². The number of methoxy groups -OCH3 is 1. The van der Waals surface area contributed by atoms with E-state index in [0.29, 0.717) is 11.1 Å². The van der Waals surface area contributed by atoms with Gasteiger partial charge in [0.05, 0.1) is 17.6 Å². The molecule has 0 aliphatic carbocycles. The number of rotatable bonds is 5. The summed E-state index contributed by atoms with van der Waals surface area (Å²) >= 11 is 3.32. The summed E-state index contributed by atoms with van der Waals surface area (Å²) in [6, 6.07) is 11.3. The monoisotopic (exact) mass is 484 g/mol. The van der Waals surface area contributed by atoms with Gasteiger partial charge >= 0.3 is 5.97 Å². The van der Waals surface area contributed by atoms with Crippen molar-refractivity contribution < 1.29 is 19.2 Å². The lowest BCUT2D eigenvalue weighted by atomic mass is 9.89. The second-order valence-corrected chi connectivity index (χ2v) is 7.36. The molecule has 1 aromatic heterocycles. The predicted octanol–water partition coefficient (Wildman–Crippen LogP) is 2.67. The number of esters is 1. The highest BCUT2D eigenvalue weighted by atomic mass is 79.9. The number of nitro benzene ring substituents is 1. The van der Waals surface area contributed by atoms with Gasteiger partial charge in [-0.1, -0.05) is 21.0 Å². The number of ether oxygens (including phenoxy) is 1. The number of nitro groups is 1. The van der Waals surface area contributed by atoms with Gasteiger partial charge in [-0.2, -0.15) is 4.68 Å². The molecule has 4 rings (SSSR count). The summed E-state index contributed by atoms with van der Waals surface area (Å²) in [5.74, 6) is -1.11. The molecule has 1 aliphatic rings. The maximum Gasteiger partial charge on any atom is 0.355 e. The molecule has 156 valence electrons. The number of carbonyl (C=O) groups excluding carboxylic acids is 2. The SMILES string of the molecule is COC(=O)C1=C(C(=O)c2ccc(Br)cc2)[C@H](c2ccc([N+](=O)[O-])cc2)n2nnnc2N1. The quantitative estimate of drug-likeness (QED) is 0.250. The van der Waals surface area contributed by atoms with Crippen molar-refractivity contribution in [3.05, 3.63) is 85.5 Å². The van der Waals surface area contributed by atoms with Crippen molar-refractivity contribution in [3.63, 3.8) is 0 Å². The van der Waals surface area contributed by atoms with Crippen LogP contribution in [0.4, 0.5) is 11.6 Å². The van der Waals surface area contributed by atoms with Crippen LogP contribution in [0.1, 0.15) is 22.0 Å². The van der Waals surface area contributed by atoms with Gasteiger partial charge in [0.15, 0.2) is 5.78 Å². The zero-order valence-electron chi connectivity index (χ0n) is 15.9. The zero-order chi connectivity index (χ0) is 22.1. The predicted molar refractivity (Wildman–Crippen MR) is 110 cm³/mol. The molecule has 1 N–H and O–H groups in total. The van der Waals surface area contributed by atoms with E-state index in [-0.39, 0.29) is 22.9 Å². The molecule has 3 aromatic rings. The average Bonchev–Trinajstić information content (AvgIpc) is 3.25. The van der Waals surface area contributed by atoms with Crippen molar-refractivity contribution in [3.8, 4) is 0 Å². The first-order valence-corrected chi connectivity index (χ1v) is 9.62. The van der Waals surface area contributed by atoms with E-state index in [9.17, 15) is 19.7 Å². The summed E-state index contributed by atoms with van der Waals surface area (Å²) < 4.78 is 6.98. The van der Waals surface area contributed by atoms with Crippen LogP contribution in [-0.2, 0) is 9.53 Å². The van der Waals surface area contributed by atoms with E-state index in [1.165, 1.54) is 36.1 Å². The largest absolute Gasteiger partial charge is 0.464 e. The van der Waals surface area contributed by atoms with Crippen molar-refractivity contribution in [2.24, 2.45) is 0 Å². The van der Waals surface area contributed by atoms with Gasteiger partial charge in [-0.25, -0.2) is 4.79 Å². The van der Waals surface area contributed by atoms with Gasteiger partial charge in [0.1, 0.15) is 11.7 Å². The van der Waals surface area contributed by atoms with E-state index in [1.54, 1.807) is 24.3 Å². The summed E-state index contributed by atoms with van der Waals surface area (Å²) in [6.07, 6.45) is 0. The van der Waals surface area contributed by atoms with Gasteiger partial charge in [-0.15, -0.1) is 0 Å². The van der Waals surface area contributed by atoms with E-state index in [4.69, 9.17) is 4.74 Å². The summed E-state index contributed by atoms with van der Waals surface area (Å²) in [7, 11) is 1.19. The minimum Gasteiger partial charge on any atom is -0.464 e. The highest BCUT2D eigenvalue weighted by molar-refractivity contribution is 9.10. The van der Waals surface area contributed by atoms with Crippen LogP contribution in [0.15, 0.2) is 64.3 Å². The molecule has 0 unspecified atom stereocenters. The highest BCUT2D eigenvalue weighted by Gasteiger charge is 2.38. The molecule has 0 spiro atoms. The number of carbonyl (C=O) groups is 2. The molecule has 1 atom stereocenters. The number of fused-ring (bicyclic) bond motifs is 1.